The molecule has 1 heterocycles. The van der Waals surface area contributed by atoms with E-state index in [9.17, 15) is 9.18 Å². The van der Waals surface area contributed by atoms with Gasteiger partial charge in [0.1, 0.15) is 5.82 Å². The van der Waals surface area contributed by atoms with Crippen molar-refractivity contribution in [2.75, 3.05) is 25.5 Å². The summed E-state index contributed by atoms with van der Waals surface area (Å²) < 4.78 is 13.7. The molecule has 0 atom stereocenters. The van der Waals surface area contributed by atoms with Gasteiger partial charge >= 0.3 is 6.03 Å². The first kappa shape index (κ1) is 23.9. The molecular weight excluding hydrogens is 496 g/mol. The highest BCUT2D eigenvalue weighted by Gasteiger charge is 2.17. The van der Waals surface area contributed by atoms with Gasteiger partial charge in [-0.25, -0.2) is 9.18 Å². The van der Waals surface area contributed by atoms with Crippen molar-refractivity contribution >= 4 is 41.7 Å². The minimum absolute atomic E-state index is 0. The van der Waals surface area contributed by atoms with Gasteiger partial charge in [-0.15, -0.1) is 24.0 Å². The monoisotopic (exact) mass is 525 g/mol. The molecule has 162 valence electrons. The van der Waals surface area contributed by atoms with Crippen molar-refractivity contribution in [2.45, 2.75) is 32.9 Å². The van der Waals surface area contributed by atoms with Gasteiger partial charge in [-0.05, 0) is 54.7 Å². The fraction of sp³-hybridized carbons (Fsp3) is 0.364. The molecule has 2 amide bonds. The number of amides is 2. The van der Waals surface area contributed by atoms with Gasteiger partial charge in [-0.1, -0.05) is 24.3 Å². The van der Waals surface area contributed by atoms with Crippen LogP contribution in [0.4, 0.5) is 14.9 Å². The molecule has 1 aliphatic rings. The number of likely N-dealkylation sites (tertiary alicyclic amines) is 1. The maximum atomic E-state index is 13.7. The van der Waals surface area contributed by atoms with Crippen LogP contribution < -0.4 is 16.0 Å². The molecule has 2 aromatic rings. The van der Waals surface area contributed by atoms with E-state index < -0.39 is 0 Å². The van der Waals surface area contributed by atoms with Crippen molar-refractivity contribution in [1.29, 1.82) is 0 Å². The van der Waals surface area contributed by atoms with Gasteiger partial charge in [-0.2, -0.15) is 0 Å². The summed E-state index contributed by atoms with van der Waals surface area (Å²) in [5.41, 5.74) is 3.28. The number of anilines is 1. The third-order valence-electron chi connectivity index (χ3n) is 4.95. The molecule has 3 N–H and O–H groups in total. The van der Waals surface area contributed by atoms with Crippen LogP contribution in [0.1, 0.15) is 29.5 Å². The molecule has 0 bridgehead atoms. The lowest BCUT2D eigenvalue weighted by atomic mass is 10.1. The molecule has 0 spiro atoms. The Balaban J connectivity index is 0.00000320. The van der Waals surface area contributed by atoms with E-state index in [2.05, 4.69) is 20.9 Å². The second-order valence-electron chi connectivity index (χ2n) is 7.19. The zero-order chi connectivity index (χ0) is 20.6. The van der Waals surface area contributed by atoms with Gasteiger partial charge in [0.15, 0.2) is 5.96 Å². The van der Waals surface area contributed by atoms with Crippen molar-refractivity contribution in [3.05, 3.63) is 65.0 Å². The molecule has 2 aromatic carbocycles. The van der Waals surface area contributed by atoms with Crippen LogP contribution in [0.2, 0.25) is 0 Å². The first-order valence-electron chi connectivity index (χ1n) is 9.89. The van der Waals surface area contributed by atoms with E-state index in [-0.39, 0.29) is 35.8 Å². The Morgan fingerprint density at radius 2 is 1.73 bits per heavy atom. The lowest BCUT2D eigenvalue weighted by molar-refractivity contribution is 0.222. The number of carbonyl (C=O) groups excluding carboxylic acids is 1. The molecule has 6 nitrogen and oxygen atoms in total. The van der Waals surface area contributed by atoms with E-state index in [1.54, 1.807) is 20.0 Å². The largest absolute Gasteiger partial charge is 0.352 e. The Labute approximate surface area is 194 Å². The van der Waals surface area contributed by atoms with E-state index >= 15 is 0 Å². The smallest absolute Gasteiger partial charge is 0.321 e. The Morgan fingerprint density at radius 1 is 1.07 bits per heavy atom. The first-order valence-corrected chi connectivity index (χ1v) is 9.89. The number of nitrogens with zero attached hydrogens (tertiary/aromatic N) is 2. The molecule has 1 saturated heterocycles. The van der Waals surface area contributed by atoms with Gasteiger partial charge in [0, 0.05) is 38.9 Å². The Bertz CT molecular complexity index is 884. The second-order valence-corrected chi connectivity index (χ2v) is 7.19. The summed E-state index contributed by atoms with van der Waals surface area (Å²) in [7, 11) is 1.69. The van der Waals surface area contributed by atoms with Gasteiger partial charge in [0.2, 0.25) is 0 Å². The van der Waals surface area contributed by atoms with E-state index in [1.165, 1.54) is 6.07 Å². The van der Waals surface area contributed by atoms with Crippen LogP contribution in [-0.2, 0) is 13.1 Å². The van der Waals surface area contributed by atoms with E-state index in [0.29, 0.717) is 24.6 Å². The van der Waals surface area contributed by atoms with Crippen LogP contribution >= 0.6 is 24.0 Å². The maximum Gasteiger partial charge on any atom is 0.321 e. The molecule has 0 radical (unpaired) electrons. The topological polar surface area (TPSA) is 68.8 Å². The standard InChI is InChI=1S/C22H28FN5O.HI/c1-16-8-9-18(13-20(16)23)15-26-21(24-2)25-14-17-6-5-7-19(12-17)27-22(29)28-10-3-4-11-28;/h5-9,12-13H,3-4,10-11,14-15H2,1-2H3,(H,27,29)(H2,24,25,26);1H. The molecule has 30 heavy (non-hydrogen) atoms. The summed E-state index contributed by atoms with van der Waals surface area (Å²) in [5.74, 6) is 0.414. The lowest BCUT2D eigenvalue weighted by Gasteiger charge is -2.17. The minimum atomic E-state index is -0.208. The van der Waals surface area contributed by atoms with Crippen LogP contribution in [0, 0.1) is 12.7 Å². The normalized spacial score (nSPS) is 13.6. The van der Waals surface area contributed by atoms with Crippen LogP contribution in [0.3, 0.4) is 0 Å². The van der Waals surface area contributed by atoms with E-state index in [4.69, 9.17) is 0 Å². The van der Waals surface area contributed by atoms with Crippen LogP contribution in [0.25, 0.3) is 0 Å². The molecule has 1 fully saturated rings. The van der Waals surface area contributed by atoms with Crippen LogP contribution in [0.5, 0.6) is 0 Å². The highest BCUT2D eigenvalue weighted by molar-refractivity contribution is 14.0. The summed E-state index contributed by atoms with van der Waals surface area (Å²) in [6.07, 6.45) is 2.14. The third kappa shape index (κ3) is 6.86. The molecule has 0 aliphatic carbocycles. The van der Waals surface area contributed by atoms with Crippen LogP contribution in [0.15, 0.2) is 47.5 Å². The van der Waals surface area contributed by atoms with Crippen molar-refractivity contribution in [3.63, 3.8) is 0 Å². The number of guanidine groups is 1. The molecule has 0 saturated carbocycles. The van der Waals surface area contributed by atoms with E-state index in [1.807, 2.05) is 35.2 Å². The highest BCUT2D eigenvalue weighted by Crippen LogP contribution is 2.14. The number of aliphatic imine (C=N–C) groups is 1. The number of hydrogen-bond acceptors (Lipinski definition) is 2. The Kier molecular flexibility index (Phi) is 9.35. The number of urea groups is 1. The predicted molar refractivity (Wildman–Crippen MR) is 130 cm³/mol. The molecule has 8 heteroatoms. The number of carbonyl (C=O) groups is 1. The van der Waals surface area contributed by atoms with Crippen molar-refractivity contribution < 1.29 is 9.18 Å². The van der Waals surface area contributed by atoms with Gasteiger partial charge in [0.25, 0.3) is 0 Å². The summed E-state index contributed by atoms with van der Waals surface area (Å²) >= 11 is 0. The van der Waals surface area contributed by atoms with Gasteiger partial charge < -0.3 is 20.9 Å². The van der Waals surface area contributed by atoms with Gasteiger partial charge in [-0.3, -0.25) is 4.99 Å². The van der Waals surface area contributed by atoms with Crippen molar-refractivity contribution in [2.24, 2.45) is 4.99 Å². The van der Waals surface area contributed by atoms with Crippen LogP contribution in [-0.4, -0.2) is 37.0 Å². The molecule has 1 aliphatic heterocycles. The van der Waals surface area contributed by atoms with E-state index in [0.717, 1.165) is 42.7 Å². The fourth-order valence-corrected chi connectivity index (χ4v) is 3.22. The average molecular weight is 525 g/mol. The number of rotatable bonds is 5. The molecule has 0 unspecified atom stereocenters. The molecule has 3 rings (SSSR count). The molecular formula is C22H29FIN5O. The maximum absolute atomic E-state index is 13.7. The number of halogens is 2. The average Bonchev–Trinajstić information content (AvgIpc) is 3.26. The number of aryl methyl sites for hydroxylation is 1. The second kappa shape index (κ2) is 11.7. The third-order valence-corrected chi connectivity index (χ3v) is 4.95. The first-order chi connectivity index (χ1) is 14.0. The summed E-state index contributed by atoms with van der Waals surface area (Å²) in [6, 6.07) is 12.9. The minimum Gasteiger partial charge on any atom is -0.352 e. The highest BCUT2D eigenvalue weighted by atomic mass is 127. The summed E-state index contributed by atoms with van der Waals surface area (Å²) in [6.45, 7) is 4.41. The zero-order valence-electron chi connectivity index (χ0n) is 17.4. The van der Waals surface area contributed by atoms with Gasteiger partial charge in [0.05, 0.1) is 0 Å². The summed E-state index contributed by atoms with van der Waals surface area (Å²) in [5, 5.41) is 9.38. The summed E-state index contributed by atoms with van der Waals surface area (Å²) in [4.78, 5) is 18.3. The van der Waals surface area contributed by atoms with Crippen molar-refractivity contribution in [1.82, 2.24) is 15.5 Å². The number of benzene rings is 2. The Morgan fingerprint density at radius 3 is 2.37 bits per heavy atom. The predicted octanol–water partition coefficient (Wildman–Crippen LogP) is 4.25. The number of nitrogens with one attached hydrogen (secondary N) is 3. The Hall–Kier alpha value is -2.36. The molecule has 0 aromatic heterocycles. The SMILES string of the molecule is CN=C(NCc1cccc(NC(=O)N2CCCC2)c1)NCc1ccc(C)c(F)c1.I. The zero-order valence-corrected chi connectivity index (χ0v) is 19.7. The van der Waals surface area contributed by atoms with Crippen molar-refractivity contribution in [3.8, 4) is 0 Å². The number of hydrogen-bond donors (Lipinski definition) is 3. The fourth-order valence-electron chi connectivity index (χ4n) is 3.22. The quantitative estimate of drug-likeness (QED) is 0.311. The lowest BCUT2D eigenvalue weighted by Crippen LogP contribution is -2.36.